The van der Waals surface area contributed by atoms with Crippen LogP contribution in [0.4, 0.5) is 13.2 Å². The topological polar surface area (TPSA) is 94.4 Å². The molecule has 106 valence electrons. The van der Waals surface area contributed by atoms with Gasteiger partial charge in [-0.2, -0.15) is 0 Å². The van der Waals surface area contributed by atoms with Crippen LogP contribution in [-0.2, 0) is 22.5 Å². The maximum Gasteiger partial charge on any atom is 0.573 e. The highest BCUT2D eigenvalue weighted by molar-refractivity contribution is 5.71. The predicted molar refractivity (Wildman–Crippen MR) is 57.4 cm³/mol. The van der Waals surface area contributed by atoms with Gasteiger partial charge in [0.25, 0.3) is 5.56 Å². The Bertz CT molecular complexity index is 524. The fourth-order valence-electron chi connectivity index (χ4n) is 1.36. The number of rotatable bonds is 4. The number of alkyl halides is 3. The Morgan fingerprint density at radius 1 is 1.47 bits per heavy atom. The Morgan fingerprint density at radius 3 is 2.58 bits per heavy atom. The van der Waals surface area contributed by atoms with E-state index in [2.05, 4.69) is 14.5 Å². The number of carbonyl (C=O) groups excluding carboxylic acids is 1. The van der Waals surface area contributed by atoms with Crippen LogP contribution in [0.15, 0.2) is 10.9 Å². The molecule has 6 nitrogen and oxygen atoms in total. The van der Waals surface area contributed by atoms with Crippen molar-refractivity contribution in [3.63, 3.8) is 0 Å². The molecule has 0 saturated carbocycles. The van der Waals surface area contributed by atoms with E-state index in [1.165, 1.54) is 0 Å². The van der Waals surface area contributed by atoms with Crippen molar-refractivity contribution >= 4 is 5.97 Å². The van der Waals surface area contributed by atoms with Crippen molar-refractivity contribution in [3.05, 3.63) is 27.7 Å². The van der Waals surface area contributed by atoms with Crippen LogP contribution >= 0.6 is 0 Å². The van der Waals surface area contributed by atoms with Crippen molar-refractivity contribution in [1.82, 2.24) is 4.98 Å². The highest BCUT2D eigenvalue weighted by Crippen LogP contribution is 2.23. The van der Waals surface area contributed by atoms with Crippen LogP contribution in [0.5, 0.6) is 5.75 Å². The van der Waals surface area contributed by atoms with E-state index in [1.54, 1.807) is 0 Å². The molecule has 0 atom stereocenters. The quantitative estimate of drug-likeness (QED) is 0.781. The number of carbonyl (C=O) groups is 1. The molecule has 3 N–H and O–H groups in total. The lowest BCUT2D eigenvalue weighted by Crippen LogP contribution is -2.26. The normalized spacial score (nSPS) is 11.2. The van der Waals surface area contributed by atoms with E-state index in [4.69, 9.17) is 5.73 Å². The average Bonchev–Trinajstić information content (AvgIpc) is 2.30. The molecule has 0 amide bonds. The van der Waals surface area contributed by atoms with E-state index in [1.807, 2.05) is 0 Å². The summed E-state index contributed by atoms with van der Waals surface area (Å²) in [6, 6.07) is 1.15. The smallest absolute Gasteiger partial charge is 0.469 e. The molecule has 0 aromatic carbocycles. The van der Waals surface area contributed by atoms with E-state index in [9.17, 15) is 22.8 Å². The van der Waals surface area contributed by atoms with Gasteiger partial charge in [-0.15, -0.1) is 13.2 Å². The third-order valence-corrected chi connectivity index (χ3v) is 2.12. The van der Waals surface area contributed by atoms with Crippen LogP contribution in [0.2, 0.25) is 0 Å². The summed E-state index contributed by atoms with van der Waals surface area (Å²) in [6.07, 6.45) is -5.29. The Kier molecular flexibility index (Phi) is 4.54. The number of aromatic nitrogens is 1. The molecule has 0 fully saturated rings. The lowest BCUT2D eigenvalue weighted by Gasteiger charge is -2.12. The fourth-order valence-corrected chi connectivity index (χ4v) is 1.36. The number of halogens is 3. The minimum absolute atomic E-state index is 0.0897. The first-order valence-electron chi connectivity index (χ1n) is 5.04. The molecule has 1 aromatic rings. The molecule has 0 unspecified atom stereocenters. The van der Waals surface area contributed by atoms with Crippen LogP contribution in [0.1, 0.15) is 11.3 Å². The highest BCUT2D eigenvalue weighted by Gasteiger charge is 2.33. The molecule has 9 heteroatoms. The monoisotopic (exact) mass is 280 g/mol. The van der Waals surface area contributed by atoms with Crippen molar-refractivity contribution in [2.75, 3.05) is 7.11 Å². The highest BCUT2D eigenvalue weighted by atomic mass is 19.4. The number of H-pyrrole nitrogens is 1. The summed E-state index contributed by atoms with van der Waals surface area (Å²) in [4.78, 5) is 24.6. The second kappa shape index (κ2) is 5.74. The standard InChI is InChI=1S/C10H11F3N2O4/c1-18-7(16)3-6-2-5(4-14)8(9(17)15-6)19-10(11,12)13/h2H,3-4,14H2,1H3,(H,15,17). The van der Waals surface area contributed by atoms with Gasteiger partial charge in [0.15, 0.2) is 5.75 Å². The second-order valence-electron chi connectivity index (χ2n) is 3.48. The van der Waals surface area contributed by atoms with Gasteiger partial charge in [-0.3, -0.25) is 9.59 Å². The molecule has 1 aromatic heterocycles. The number of nitrogens with one attached hydrogen (secondary N) is 1. The Labute approximate surface area is 105 Å². The lowest BCUT2D eigenvalue weighted by molar-refractivity contribution is -0.275. The van der Waals surface area contributed by atoms with Crippen molar-refractivity contribution in [2.45, 2.75) is 19.3 Å². The maximum absolute atomic E-state index is 12.1. The summed E-state index contributed by atoms with van der Waals surface area (Å²) in [6.45, 7) is -0.344. The van der Waals surface area contributed by atoms with Gasteiger partial charge in [-0.05, 0) is 6.07 Å². The van der Waals surface area contributed by atoms with Crippen LogP contribution in [0, 0.1) is 0 Å². The zero-order valence-electron chi connectivity index (χ0n) is 9.84. The molecule has 0 radical (unpaired) electrons. The van der Waals surface area contributed by atoms with E-state index in [-0.39, 0.29) is 24.2 Å². The van der Waals surface area contributed by atoms with Gasteiger partial charge in [0.1, 0.15) is 0 Å². The Morgan fingerprint density at radius 2 is 2.11 bits per heavy atom. The van der Waals surface area contributed by atoms with Gasteiger partial charge in [0.05, 0.1) is 13.5 Å². The van der Waals surface area contributed by atoms with Crippen LogP contribution < -0.4 is 16.0 Å². The minimum Gasteiger partial charge on any atom is -0.469 e. The molecule has 0 aliphatic rings. The number of pyridine rings is 1. The number of methoxy groups -OCH3 is 1. The zero-order valence-corrected chi connectivity index (χ0v) is 9.84. The minimum atomic E-state index is -5.00. The second-order valence-corrected chi connectivity index (χ2v) is 3.48. The van der Waals surface area contributed by atoms with Gasteiger partial charge in [0.2, 0.25) is 0 Å². The molecule has 1 rings (SSSR count). The van der Waals surface area contributed by atoms with Gasteiger partial charge >= 0.3 is 12.3 Å². The third kappa shape index (κ3) is 4.28. The Balaban J connectivity index is 3.15. The largest absolute Gasteiger partial charge is 0.573 e. The van der Waals surface area contributed by atoms with Crippen LogP contribution in [0.25, 0.3) is 0 Å². The van der Waals surface area contributed by atoms with Crippen LogP contribution in [-0.4, -0.2) is 24.4 Å². The molecule has 0 aliphatic heterocycles. The van der Waals surface area contributed by atoms with E-state index in [0.717, 1.165) is 13.2 Å². The summed E-state index contributed by atoms with van der Waals surface area (Å²) >= 11 is 0. The Hall–Kier alpha value is -2.03. The van der Waals surface area contributed by atoms with E-state index >= 15 is 0 Å². The zero-order chi connectivity index (χ0) is 14.6. The fraction of sp³-hybridized carbons (Fsp3) is 0.400. The third-order valence-electron chi connectivity index (χ3n) is 2.12. The number of nitrogens with two attached hydrogens (primary N) is 1. The molecular weight excluding hydrogens is 269 g/mol. The number of esters is 1. The summed E-state index contributed by atoms with van der Waals surface area (Å²) in [5.41, 5.74) is 4.08. The first-order chi connectivity index (χ1) is 8.76. The molecular formula is C10H11F3N2O4. The maximum atomic E-state index is 12.1. The number of ether oxygens (including phenoxy) is 2. The average molecular weight is 280 g/mol. The van der Waals surface area contributed by atoms with Crippen molar-refractivity contribution in [1.29, 1.82) is 0 Å². The SMILES string of the molecule is COC(=O)Cc1cc(CN)c(OC(F)(F)F)c(=O)[nH]1. The molecule has 0 saturated heterocycles. The molecule has 0 bridgehead atoms. The van der Waals surface area contributed by atoms with Gasteiger partial charge in [0, 0.05) is 17.8 Å². The van der Waals surface area contributed by atoms with Crippen molar-refractivity contribution < 1.29 is 27.4 Å². The predicted octanol–water partition coefficient (Wildman–Crippen LogP) is 0.448. The summed E-state index contributed by atoms with van der Waals surface area (Å²) in [5, 5.41) is 0. The first-order valence-corrected chi connectivity index (χ1v) is 5.04. The van der Waals surface area contributed by atoms with Gasteiger partial charge in [-0.25, -0.2) is 0 Å². The number of hydrogen-bond acceptors (Lipinski definition) is 5. The van der Waals surface area contributed by atoms with Crippen molar-refractivity contribution in [3.8, 4) is 5.75 Å². The van der Waals surface area contributed by atoms with Crippen LogP contribution in [0.3, 0.4) is 0 Å². The summed E-state index contributed by atoms with van der Waals surface area (Å²) < 4.78 is 44.3. The van der Waals surface area contributed by atoms with E-state index in [0.29, 0.717) is 0 Å². The number of aromatic amines is 1. The molecule has 0 spiro atoms. The van der Waals surface area contributed by atoms with Gasteiger partial charge in [-0.1, -0.05) is 0 Å². The summed E-state index contributed by atoms with van der Waals surface area (Å²) in [7, 11) is 1.14. The molecule has 0 aliphatic carbocycles. The van der Waals surface area contributed by atoms with E-state index < -0.39 is 23.6 Å². The number of hydrogen-bond donors (Lipinski definition) is 2. The first kappa shape index (κ1) is 15.0. The lowest BCUT2D eigenvalue weighted by atomic mass is 10.2. The van der Waals surface area contributed by atoms with Gasteiger partial charge < -0.3 is 20.2 Å². The van der Waals surface area contributed by atoms with Crippen molar-refractivity contribution in [2.24, 2.45) is 5.73 Å². The molecule has 19 heavy (non-hydrogen) atoms. The summed E-state index contributed by atoms with van der Waals surface area (Å²) in [5.74, 6) is -1.58. The molecule has 1 heterocycles.